The fourth-order valence-electron chi connectivity index (χ4n) is 2.57. The molecule has 1 amide bonds. The van der Waals surface area contributed by atoms with E-state index in [2.05, 4.69) is 15.3 Å². The van der Waals surface area contributed by atoms with E-state index in [4.69, 9.17) is 5.11 Å². The molecule has 0 spiro atoms. The third kappa shape index (κ3) is 3.99. The third-order valence-electron chi connectivity index (χ3n) is 4.37. The summed E-state index contributed by atoms with van der Waals surface area (Å²) in [4.78, 5) is 43.6. The average molecular weight is 415 g/mol. The van der Waals surface area contributed by atoms with Crippen LogP contribution in [0.1, 0.15) is 50.8 Å². The number of nitrogens with one attached hydrogen (secondary N) is 1. The van der Waals surface area contributed by atoms with E-state index in [9.17, 15) is 14.4 Å². The van der Waals surface area contributed by atoms with E-state index in [1.165, 1.54) is 18.7 Å². The van der Waals surface area contributed by atoms with Gasteiger partial charge in [-0.15, -0.1) is 0 Å². The van der Waals surface area contributed by atoms with Gasteiger partial charge in [-0.05, 0) is 0 Å². The number of hydrogen-bond donors (Lipinski definition) is 2. The number of benzene rings is 1. The molecule has 1 aromatic heterocycles. The van der Waals surface area contributed by atoms with Crippen molar-refractivity contribution in [3.05, 3.63) is 59.7 Å². The Bertz CT molecular complexity index is 835. The van der Waals surface area contributed by atoms with Gasteiger partial charge in [0.25, 0.3) is 0 Å². The molecule has 2 N–H and O–H groups in total. The van der Waals surface area contributed by atoms with E-state index in [-0.39, 0.29) is 20.7 Å². The first-order valence-electron chi connectivity index (χ1n) is 8.13. The molecule has 1 fully saturated rings. The van der Waals surface area contributed by atoms with Gasteiger partial charge in [0.2, 0.25) is 0 Å². The normalized spacial score (nSPS) is 16.2. The SMILES string of the molecule is C[C@@H]([AsH]C(=O)C1(NC(=O)c2cncnc2)CC1)c1ccc(C(=O)O)cc1. The molecule has 134 valence electrons. The van der Waals surface area contributed by atoms with Crippen molar-refractivity contribution in [1.82, 2.24) is 15.3 Å². The zero-order chi connectivity index (χ0) is 18.7. The van der Waals surface area contributed by atoms with Crippen molar-refractivity contribution in [2.24, 2.45) is 0 Å². The van der Waals surface area contributed by atoms with Crippen molar-refractivity contribution in [2.75, 3.05) is 0 Å². The molecule has 3 rings (SSSR count). The number of carboxylic acid groups (broad SMARTS) is 1. The van der Waals surface area contributed by atoms with Gasteiger partial charge >= 0.3 is 157 Å². The molecule has 1 heterocycles. The summed E-state index contributed by atoms with van der Waals surface area (Å²) in [5.41, 5.74) is 0.761. The van der Waals surface area contributed by atoms with Gasteiger partial charge < -0.3 is 0 Å². The van der Waals surface area contributed by atoms with Crippen molar-refractivity contribution in [1.29, 1.82) is 0 Å². The zero-order valence-electron chi connectivity index (χ0n) is 14.1. The van der Waals surface area contributed by atoms with E-state index in [1.54, 1.807) is 24.3 Å². The van der Waals surface area contributed by atoms with Crippen molar-refractivity contribution < 1.29 is 19.5 Å². The first-order chi connectivity index (χ1) is 12.4. The van der Waals surface area contributed by atoms with Crippen LogP contribution in [-0.4, -0.2) is 52.8 Å². The second-order valence-corrected chi connectivity index (χ2v) is 9.66. The topological polar surface area (TPSA) is 109 Å². The molecule has 1 unspecified atom stereocenters. The van der Waals surface area contributed by atoms with Crippen LogP contribution in [0.25, 0.3) is 0 Å². The van der Waals surface area contributed by atoms with Crippen LogP contribution in [0.4, 0.5) is 0 Å². The number of aromatic nitrogens is 2. The number of carbonyl (C=O) groups excluding carboxylic acids is 2. The molecule has 7 nitrogen and oxygen atoms in total. The van der Waals surface area contributed by atoms with Crippen LogP contribution in [0.3, 0.4) is 0 Å². The first kappa shape index (κ1) is 18.3. The summed E-state index contributed by atoms with van der Waals surface area (Å²) in [6, 6.07) is 6.61. The number of amides is 1. The maximum absolute atomic E-state index is 12.8. The second kappa shape index (κ2) is 7.38. The number of hydrogen-bond acceptors (Lipinski definition) is 5. The van der Waals surface area contributed by atoms with Gasteiger partial charge in [0.1, 0.15) is 0 Å². The van der Waals surface area contributed by atoms with Gasteiger partial charge in [-0.2, -0.15) is 0 Å². The summed E-state index contributed by atoms with van der Waals surface area (Å²) >= 11 is -1.02. The third-order valence-corrected chi connectivity index (χ3v) is 7.53. The molecular weight excluding hydrogens is 397 g/mol. The van der Waals surface area contributed by atoms with Crippen molar-refractivity contribution in [2.45, 2.75) is 30.0 Å². The maximum atomic E-state index is 12.8. The standard InChI is InChI=1S/C18H18AsN3O4/c1-11(12-2-4-13(5-3-12)16(24)25)19-17(26)18(6-7-18)22-15(23)14-8-20-10-21-9-14/h2-5,8-11,19H,6-7H2,1H3,(H,22,23)(H,24,25)/t11-/m1/s1. The number of nitrogens with zero attached hydrogens (tertiary/aromatic N) is 2. The van der Waals surface area contributed by atoms with E-state index < -0.39 is 27.3 Å². The van der Waals surface area contributed by atoms with E-state index >= 15 is 0 Å². The number of carbonyl (C=O) groups is 3. The van der Waals surface area contributed by atoms with Crippen LogP contribution in [0.5, 0.6) is 0 Å². The summed E-state index contributed by atoms with van der Waals surface area (Å²) in [6.07, 6.45) is 5.49. The predicted molar refractivity (Wildman–Crippen MR) is 95.4 cm³/mol. The van der Waals surface area contributed by atoms with Crippen LogP contribution in [0.15, 0.2) is 43.0 Å². The summed E-state index contributed by atoms with van der Waals surface area (Å²) in [6.45, 7) is 1.97. The van der Waals surface area contributed by atoms with E-state index in [0.717, 1.165) is 5.56 Å². The van der Waals surface area contributed by atoms with Crippen molar-refractivity contribution in [3.63, 3.8) is 0 Å². The van der Waals surface area contributed by atoms with Gasteiger partial charge in [0.15, 0.2) is 0 Å². The van der Waals surface area contributed by atoms with Gasteiger partial charge in [0.05, 0.1) is 0 Å². The van der Waals surface area contributed by atoms with Crippen molar-refractivity contribution >= 4 is 32.2 Å². The molecule has 1 aliphatic carbocycles. The Morgan fingerprint density at radius 1 is 1.12 bits per heavy atom. The number of carboxylic acids is 1. The van der Waals surface area contributed by atoms with Gasteiger partial charge in [-0.3, -0.25) is 0 Å². The Labute approximate surface area is 156 Å². The molecule has 0 aliphatic heterocycles. The summed E-state index contributed by atoms with van der Waals surface area (Å²) in [7, 11) is 0. The van der Waals surface area contributed by atoms with Crippen molar-refractivity contribution in [3.8, 4) is 0 Å². The van der Waals surface area contributed by atoms with Gasteiger partial charge in [0, 0.05) is 0 Å². The molecule has 26 heavy (non-hydrogen) atoms. The molecule has 2 atom stereocenters. The molecule has 1 saturated carbocycles. The van der Waals surface area contributed by atoms with Crippen LogP contribution < -0.4 is 5.32 Å². The minimum atomic E-state index is -1.02. The minimum absolute atomic E-state index is 0.0554. The summed E-state index contributed by atoms with van der Waals surface area (Å²) in [5.74, 6) is -1.30. The van der Waals surface area contributed by atoms with Crippen LogP contribution in [-0.2, 0) is 4.79 Å². The summed E-state index contributed by atoms with van der Waals surface area (Å²) in [5, 5.41) is 11.8. The molecule has 0 bridgehead atoms. The number of rotatable bonds is 7. The monoisotopic (exact) mass is 415 g/mol. The Kier molecular flexibility index (Phi) is 5.18. The van der Waals surface area contributed by atoms with Gasteiger partial charge in [-0.1, -0.05) is 0 Å². The fourth-order valence-corrected chi connectivity index (χ4v) is 5.39. The van der Waals surface area contributed by atoms with E-state index in [0.29, 0.717) is 18.4 Å². The Morgan fingerprint density at radius 2 is 1.73 bits per heavy atom. The molecule has 2 aromatic rings. The zero-order valence-corrected chi connectivity index (χ0v) is 16.2. The molecular formula is C18H18AsN3O4. The second-order valence-electron chi connectivity index (χ2n) is 6.29. The number of aromatic carboxylic acids is 1. The van der Waals surface area contributed by atoms with Crippen LogP contribution in [0.2, 0.25) is 0 Å². The van der Waals surface area contributed by atoms with Crippen LogP contribution in [0, 0.1) is 0 Å². The molecule has 1 aromatic carbocycles. The summed E-state index contributed by atoms with van der Waals surface area (Å²) < 4.78 is 0.164. The first-order valence-corrected chi connectivity index (χ1v) is 10.4. The van der Waals surface area contributed by atoms with Crippen LogP contribution >= 0.6 is 0 Å². The fraction of sp³-hybridized carbons (Fsp3) is 0.278. The Morgan fingerprint density at radius 3 is 2.27 bits per heavy atom. The molecule has 8 heteroatoms. The average Bonchev–Trinajstić information content (AvgIpc) is 3.43. The van der Waals surface area contributed by atoms with Gasteiger partial charge in [-0.25, -0.2) is 0 Å². The molecule has 1 aliphatic rings. The quantitative estimate of drug-likeness (QED) is 0.657. The molecule has 0 radical (unpaired) electrons. The Balaban J connectivity index is 1.63. The predicted octanol–water partition coefficient (Wildman–Crippen LogP) is 1.16. The Hall–Kier alpha value is -2.53. The van der Waals surface area contributed by atoms with E-state index in [1.807, 2.05) is 6.92 Å². The molecule has 0 saturated heterocycles.